The number of hydrogen-bond acceptors (Lipinski definition) is 4. The molecule has 1 heterocycles. The molecule has 3 aromatic carbocycles. The Labute approximate surface area is 194 Å². The highest BCUT2D eigenvalue weighted by molar-refractivity contribution is 7.22. The van der Waals surface area contributed by atoms with Crippen molar-refractivity contribution in [3.63, 3.8) is 0 Å². The lowest BCUT2D eigenvalue weighted by molar-refractivity contribution is 0.256. The first-order chi connectivity index (χ1) is 15.0. The fourth-order valence-corrected chi connectivity index (χ4v) is 4.31. The monoisotopic (exact) mass is 471 g/mol. The third-order valence-corrected chi connectivity index (χ3v) is 6.27. The Kier molecular flexibility index (Phi) is 6.61. The number of urea groups is 1. The Hall–Kier alpha value is -2.80. The van der Waals surface area contributed by atoms with Crippen molar-refractivity contribution in [1.82, 2.24) is 4.98 Å². The molecule has 158 valence electrons. The zero-order chi connectivity index (χ0) is 21.8. The van der Waals surface area contributed by atoms with Crippen LogP contribution in [0.25, 0.3) is 10.2 Å². The molecule has 8 heteroatoms. The summed E-state index contributed by atoms with van der Waals surface area (Å²) in [5.41, 5.74) is 2.35. The van der Waals surface area contributed by atoms with Crippen LogP contribution < -0.4 is 15.0 Å². The topological polar surface area (TPSA) is 54.5 Å². The second-order valence-corrected chi connectivity index (χ2v) is 8.51. The van der Waals surface area contributed by atoms with Gasteiger partial charge in [0.1, 0.15) is 5.75 Å². The van der Waals surface area contributed by atoms with E-state index in [0.717, 1.165) is 21.5 Å². The predicted octanol–water partition coefficient (Wildman–Crippen LogP) is 7.24. The third-order valence-electron chi connectivity index (χ3n) is 4.49. The van der Waals surface area contributed by atoms with Gasteiger partial charge in [-0.25, -0.2) is 9.78 Å². The highest BCUT2D eigenvalue weighted by Gasteiger charge is 2.21. The second-order valence-electron chi connectivity index (χ2n) is 6.69. The number of fused-ring (bicyclic) bond motifs is 1. The maximum Gasteiger partial charge on any atom is 0.328 e. The summed E-state index contributed by atoms with van der Waals surface area (Å²) in [7, 11) is 0. The summed E-state index contributed by atoms with van der Waals surface area (Å²) in [5, 5.41) is 4.28. The van der Waals surface area contributed by atoms with E-state index in [4.69, 9.17) is 27.9 Å². The van der Waals surface area contributed by atoms with Crippen LogP contribution in [0.2, 0.25) is 10.0 Å². The molecule has 0 radical (unpaired) electrons. The highest BCUT2D eigenvalue weighted by Crippen LogP contribution is 2.33. The van der Waals surface area contributed by atoms with E-state index >= 15 is 0 Å². The lowest BCUT2D eigenvalue weighted by atomic mass is 10.2. The molecule has 0 fully saturated rings. The fourth-order valence-electron chi connectivity index (χ4n) is 3.02. The summed E-state index contributed by atoms with van der Waals surface area (Å²) < 4.78 is 6.54. The minimum absolute atomic E-state index is 0.314. The first-order valence-electron chi connectivity index (χ1n) is 9.64. The van der Waals surface area contributed by atoms with E-state index in [1.807, 2.05) is 55.5 Å². The van der Waals surface area contributed by atoms with E-state index in [1.165, 1.54) is 11.3 Å². The second kappa shape index (κ2) is 9.56. The average molecular weight is 472 g/mol. The molecule has 4 aromatic rings. The largest absolute Gasteiger partial charge is 0.494 e. The molecule has 0 saturated heterocycles. The van der Waals surface area contributed by atoms with Crippen LogP contribution in [0.3, 0.4) is 0 Å². The molecule has 0 aliphatic carbocycles. The number of thiazole rings is 1. The predicted molar refractivity (Wildman–Crippen MR) is 129 cm³/mol. The average Bonchev–Trinajstić information content (AvgIpc) is 3.18. The van der Waals surface area contributed by atoms with E-state index in [1.54, 1.807) is 23.1 Å². The maximum atomic E-state index is 13.2. The molecule has 5 nitrogen and oxygen atoms in total. The van der Waals surface area contributed by atoms with Crippen LogP contribution in [-0.2, 0) is 6.54 Å². The molecule has 2 amide bonds. The zero-order valence-electron chi connectivity index (χ0n) is 16.6. The molecule has 0 unspecified atom stereocenters. The highest BCUT2D eigenvalue weighted by atomic mass is 35.5. The van der Waals surface area contributed by atoms with E-state index in [0.29, 0.717) is 34.0 Å². The van der Waals surface area contributed by atoms with Crippen molar-refractivity contribution < 1.29 is 9.53 Å². The van der Waals surface area contributed by atoms with Gasteiger partial charge in [-0.2, -0.15) is 0 Å². The number of hydrogen-bond donors (Lipinski definition) is 1. The van der Waals surface area contributed by atoms with Crippen LogP contribution in [0.5, 0.6) is 5.75 Å². The zero-order valence-corrected chi connectivity index (χ0v) is 19.0. The van der Waals surface area contributed by atoms with Gasteiger partial charge in [-0.1, -0.05) is 64.9 Å². The SMILES string of the molecule is CCOc1ccc2nc(N(Cc3ccccc3)C(=O)Nc3ccc(Cl)c(Cl)c3)sc2c1. The molecular weight excluding hydrogens is 453 g/mol. The Morgan fingerprint density at radius 1 is 1.06 bits per heavy atom. The van der Waals surface area contributed by atoms with Gasteiger partial charge >= 0.3 is 6.03 Å². The summed E-state index contributed by atoms with van der Waals surface area (Å²) in [6, 6.07) is 20.2. The quantitative estimate of drug-likeness (QED) is 0.322. The van der Waals surface area contributed by atoms with Gasteiger partial charge in [-0.3, -0.25) is 4.90 Å². The van der Waals surface area contributed by atoms with Gasteiger partial charge < -0.3 is 10.1 Å². The summed E-state index contributed by atoms with van der Waals surface area (Å²) >= 11 is 13.5. The van der Waals surface area contributed by atoms with Crippen molar-refractivity contribution in [2.75, 3.05) is 16.8 Å². The smallest absolute Gasteiger partial charge is 0.328 e. The maximum absolute atomic E-state index is 13.2. The van der Waals surface area contributed by atoms with Crippen molar-refractivity contribution in [3.8, 4) is 5.75 Å². The van der Waals surface area contributed by atoms with Crippen molar-refractivity contribution in [1.29, 1.82) is 0 Å². The minimum Gasteiger partial charge on any atom is -0.494 e. The van der Waals surface area contributed by atoms with Gasteiger partial charge in [0, 0.05) is 5.69 Å². The summed E-state index contributed by atoms with van der Waals surface area (Å²) in [5.74, 6) is 0.778. The van der Waals surface area contributed by atoms with Crippen LogP contribution in [0, 0.1) is 0 Å². The minimum atomic E-state index is -0.314. The lowest BCUT2D eigenvalue weighted by Gasteiger charge is -2.20. The summed E-state index contributed by atoms with van der Waals surface area (Å²) in [6.45, 7) is 2.90. The third kappa shape index (κ3) is 5.10. The van der Waals surface area contributed by atoms with Crippen molar-refractivity contribution in [2.24, 2.45) is 0 Å². The first kappa shape index (κ1) is 21.4. The van der Waals surface area contributed by atoms with Crippen LogP contribution in [0.1, 0.15) is 12.5 Å². The number of amides is 2. The lowest BCUT2D eigenvalue weighted by Crippen LogP contribution is -2.34. The van der Waals surface area contributed by atoms with Gasteiger partial charge in [0.2, 0.25) is 0 Å². The molecular formula is C23H19Cl2N3O2S. The van der Waals surface area contributed by atoms with Crippen LogP contribution in [0.15, 0.2) is 66.7 Å². The number of nitrogens with zero attached hydrogens (tertiary/aromatic N) is 2. The molecule has 0 aliphatic rings. The number of nitrogens with one attached hydrogen (secondary N) is 1. The number of halogens is 2. The molecule has 0 atom stereocenters. The van der Waals surface area contributed by atoms with E-state index in [9.17, 15) is 4.79 Å². The number of carbonyl (C=O) groups is 1. The summed E-state index contributed by atoms with van der Waals surface area (Å²) in [4.78, 5) is 19.5. The molecule has 1 N–H and O–H groups in total. The Balaban J connectivity index is 1.67. The fraction of sp³-hybridized carbons (Fsp3) is 0.130. The van der Waals surface area contributed by atoms with Crippen molar-refractivity contribution >= 4 is 61.6 Å². The van der Waals surface area contributed by atoms with Crippen LogP contribution in [0.4, 0.5) is 15.6 Å². The van der Waals surface area contributed by atoms with E-state index in [-0.39, 0.29) is 6.03 Å². The number of ether oxygens (including phenoxy) is 1. The van der Waals surface area contributed by atoms with Crippen molar-refractivity contribution in [3.05, 3.63) is 82.3 Å². The van der Waals surface area contributed by atoms with Gasteiger partial charge in [0.15, 0.2) is 5.13 Å². The normalized spacial score (nSPS) is 10.8. The van der Waals surface area contributed by atoms with E-state index in [2.05, 4.69) is 10.3 Å². The molecule has 0 spiro atoms. The number of rotatable bonds is 6. The molecule has 31 heavy (non-hydrogen) atoms. The summed E-state index contributed by atoms with van der Waals surface area (Å²) in [6.07, 6.45) is 0. The van der Waals surface area contributed by atoms with Crippen LogP contribution in [-0.4, -0.2) is 17.6 Å². The van der Waals surface area contributed by atoms with Gasteiger partial charge in [-0.15, -0.1) is 0 Å². The first-order valence-corrected chi connectivity index (χ1v) is 11.2. The van der Waals surface area contributed by atoms with Crippen LogP contribution >= 0.6 is 34.5 Å². The number of carbonyl (C=O) groups excluding carboxylic acids is 1. The molecule has 0 saturated carbocycles. The molecule has 1 aromatic heterocycles. The standard InChI is InChI=1S/C23H19Cl2N3O2S/c1-2-30-17-9-11-20-21(13-17)31-23(27-20)28(14-15-6-4-3-5-7-15)22(29)26-16-8-10-18(24)19(25)12-16/h3-13H,2,14H2,1H3,(H,26,29). The molecule has 4 rings (SSSR count). The van der Waals surface area contributed by atoms with Gasteiger partial charge in [0.25, 0.3) is 0 Å². The Morgan fingerprint density at radius 2 is 1.87 bits per heavy atom. The van der Waals surface area contributed by atoms with Gasteiger partial charge in [0.05, 0.1) is 33.4 Å². The Bertz CT molecular complexity index is 1210. The Morgan fingerprint density at radius 3 is 2.61 bits per heavy atom. The van der Waals surface area contributed by atoms with E-state index < -0.39 is 0 Å². The number of benzene rings is 3. The number of aromatic nitrogens is 1. The molecule has 0 aliphatic heterocycles. The number of anilines is 2. The van der Waals surface area contributed by atoms with Gasteiger partial charge in [-0.05, 0) is 48.9 Å². The van der Waals surface area contributed by atoms with Crippen molar-refractivity contribution in [2.45, 2.75) is 13.5 Å². The molecule has 0 bridgehead atoms.